The second kappa shape index (κ2) is 12.8. The zero-order valence-corrected chi connectivity index (χ0v) is 26.3. The van der Waals surface area contributed by atoms with Crippen molar-refractivity contribution in [3.8, 4) is 0 Å². The normalized spacial score (nSPS) is 17.7. The molecule has 11 heteroatoms. The Morgan fingerprint density at radius 2 is 1.73 bits per heavy atom. The molecule has 234 valence electrons. The van der Waals surface area contributed by atoms with E-state index in [1.807, 2.05) is 99.4 Å². The summed E-state index contributed by atoms with van der Waals surface area (Å²) in [6.45, 7) is 11.7. The van der Waals surface area contributed by atoms with Crippen LogP contribution in [0.3, 0.4) is 0 Å². The number of amides is 3. The minimum absolute atomic E-state index is 0.172. The summed E-state index contributed by atoms with van der Waals surface area (Å²) in [7, 11) is 5.83. The molecule has 1 saturated heterocycles. The molecule has 0 aliphatic carbocycles. The molecule has 3 heterocycles. The highest BCUT2D eigenvalue weighted by Crippen LogP contribution is 2.42. The number of piperazine rings is 1. The fourth-order valence-corrected chi connectivity index (χ4v) is 6.30. The number of rotatable bonds is 9. The van der Waals surface area contributed by atoms with Gasteiger partial charge in [0.25, 0.3) is 5.91 Å². The molecule has 0 spiro atoms. The third-order valence-corrected chi connectivity index (χ3v) is 8.63. The van der Waals surface area contributed by atoms with Crippen molar-refractivity contribution in [2.45, 2.75) is 38.2 Å². The van der Waals surface area contributed by atoms with Gasteiger partial charge in [-0.05, 0) is 63.8 Å². The molecule has 2 aliphatic rings. The standard InChI is InChI=1S/C33H44N8O3/c1-7-28(42)40-19-17-39(18-20-40)25-15-13-24(14-16-25)31(43)35-30-26-21-41(33(2,3)29(26)38(6)36-30)32(44)34-27(22-37(4)5)23-11-9-8-10-12-23/h7-16,27-28,42H,1,17-22H2,2-6H3,(H,34,44)(H,35,36,43)/t27-,28?/m1/s1. The zero-order chi connectivity index (χ0) is 31.6. The van der Waals surface area contributed by atoms with Crippen LogP contribution in [0.25, 0.3) is 0 Å². The summed E-state index contributed by atoms with van der Waals surface area (Å²) in [5.41, 5.74) is 3.67. The van der Waals surface area contributed by atoms with Gasteiger partial charge in [-0.1, -0.05) is 36.9 Å². The molecular weight excluding hydrogens is 556 g/mol. The highest BCUT2D eigenvalue weighted by Gasteiger charge is 2.45. The maximum absolute atomic E-state index is 13.7. The Morgan fingerprint density at radius 3 is 2.34 bits per heavy atom. The molecule has 0 bridgehead atoms. The molecule has 0 radical (unpaired) electrons. The molecule has 0 saturated carbocycles. The third kappa shape index (κ3) is 6.35. The number of anilines is 2. The Bertz CT molecular complexity index is 1480. The third-order valence-electron chi connectivity index (χ3n) is 8.63. The molecule has 3 amide bonds. The van der Waals surface area contributed by atoms with Crippen LogP contribution in [0.4, 0.5) is 16.3 Å². The van der Waals surface area contributed by atoms with E-state index >= 15 is 0 Å². The van der Waals surface area contributed by atoms with Gasteiger partial charge in [0.05, 0.1) is 23.8 Å². The molecule has 2 aromatic carbocycles. The number of aromatic nitrogens is 2. The number of fused-ring (bicyclic) bond motifs is 1. The maximum atomic E-state index is 13.7. The highest BCUT2D eigenvalue weighted by molar-refractivity contribution is 6.04. The molecule has 3 aromatic rings. The Kier molecular flexibility index (Phi) is 9.10. The summed E-state index contributed by atoms with van der Waals surface area (Å²) in [4.78, 5) is 35.2. The number of carbonyl (C=O) groups excluding carboxylic acids is 2. The van der Waals surface area contributed by atoms with Gasteiger partial charge in [-0.15, -0.1) is 0 Å². The minimum atomic E-state index is -0.642. The number of aryl methyl sites for hydroxylation is 1. The summed E-state index contributed by atoms with van der Waals surface area (Å²) in [6, 6.07) is 17.2. The highest BCUT2D eigenvalue weighted by atomic mass is 16.3. The number of hydrogen-bond acceptors (Lipinski definition) is 7. The number of nitrogens with zero attached hydrogens (tertiary/aromatic N) is 6. The SMILES string of the molecule is C=CC(O)N1CCN(c2ccc(C(=O)Nc3nn(C)c4c3CN(C(=O)N[C@H](CN(C)C)c3ccccc3)C4(C)C)cc2)CC1. The summed E-state index contributed by atoms with van der Waals surface area (Å²) in [6.07, 6.45) is 0.915. The number of carbonyl (C=O) groups is 2. The van der Waals surface area contributed by atoms with Gasteiger partial charge in [-0.25, -0.2) is 4.79 Å². The minimum Gasteiger partial charge on any atom is -0.375 e. The van der Waals surface area contributed by atoms with Crippen LogP contribution in [-0.4, -0.2) is 94.6 Å². The fraction of sp³-hybridized carbons (Fsp3) is 0.424. The second-order valence-electron chi connectivity index (χ2n) is 12.3. The number of urea groups is 1. The number of aliphatic hydroxyl groups is 1. The van der Waals surface area contributed by atoms with Gasteiger partial charge in [0, 0.05) is 56.6 Å². The van der Waals surface area contributed by atoms with E-state index in [0.717, 1.165) is 48.7 Å². The number of hydrogen-bond donors (Lipinski definition) is 3. The van der Waals surface area contributed by atoms with E-state index in [1.54, 1.807) is 10.8 Å². The Morgan fingerprint density at radius 1 is 1.07 bits per heavy atom. The van der Waals surface area contributed by atoms with Crippen LogP contribution in [-0.2, 0) is 19.1 Å². The summed E-state index contributed by atoms with van der Waals surface area (Å²) < 4.78 is 1.76. The average Bonchev–Trinajstić information content (AvgIpc) is 3.49. The molecule has 1 unspecified atom stereocenters. The predicted octanol–water partition coefficient (Wildman–Crippen LogP) is 3.36. The number of likely N-dealkylation sites (N-methyl/N-ethyl adjacent to an activating group) is 1. The van der Waals surface area contributed by atoms with Gasteiger partial charge < -0.3 is 30.4 Å². The van der Waals surface area contributed by atoms with E-state index in [0.29, 0.717) is 24.5 Å². The first-order valence-electron chi connectivity index (χ1n) is 15.0. The van der Waals surface area contributed by atoms with Crippen molar-refractivity contribution in [1.82, 2.24) is 29.8 Å². The van der Waals surface area contributed by atoms with Crippen LogP contribution in [0.15, 0.2) is 67.3 Å². The van der Waals surface area contributed by atoms with E-state index < -0.39 is 11.8 Å². The first kappa shape index (κ1) is 31.2. The van der Waals surface area contributed by atoms with Crippen molar-refractivity contribution in [2.24, 2.45) is 7.05 Å². The Labute approximate surface area is 259 Å². The van der Waals surface area contributed by atoms with Gasteiger partial charge in [-0.2, -0.15) is 5.10 Å². The first-order valence-corrected chi connectivity index (χ1v) is 15.0. The van der Waals surface area contributed by atoms with Crippen LogP contribution in [0.2, 0.25) is 0 Å². The van der Waals surface area contributed by atoms with Crippen molar-refractivity contribution < 1.29 is 14.7 Å². The summed E-state index contributed by atoms with van der Waals surface area (Å²) in [5.74, 6) is 0.206. The molecule has 44 heavy (non-hydrogen) atoms. The van der Waals surface area contributed by atoms with Gasteiger partial charge in [0.15, 0.2) is 5.82 Å². The van der Waals surface area contributed by atoms with Gasteiger partial charge in [0.2, 0.25) is 0 Å². The number of nitrogens with one attached hydrogen (secondary N) is 2. The predicted molar refractivity (Wildman–Crippen MR) is 172 cm³/mol. The van der Waals surface area contributed by atoms with E-state index in [4.69, 9.17) is 0 Å². The topological polar surface area (TPSA) is 109 Å². The van der Waals surface area contributed by atoms with Crippen molar-refractivity contribution in [1.29, 1.82) is 0 Å². The number of benzene rings is 2. The van der Waals surface area contributed by atoms with Gasteiger partial charge in [0.1, 0.15) is 6.23 Å². The number of aliphatic hydroxyl groups excluding tert-OH is 1. The van der Waals surface area contributed by atoms with Gasteiger partial charge in [-0.3, -0.25) is 14.4 Å². The lowest BCUT2D eigenvalue weighted by Crippen LogP contribution is -2.49. The fourth-order valence-electron chi connectivity index (χ4n) is 6.30. The molecule has 2 aliphatic heterocycles. The lowest BCUT2D eigenvalue weighted by molar-refractivity contribution is 0.0380. The van der Waals surface area contributed by atoms with Crippen LogP contribution >= 0.6 is 0 Å². The Hall–Kier alpha value is -4.19. The van der Waals surface area contributed by atoms with Crippen LogP contribution in [0.1, 0.15) is 47.1 Å². The van der Waals surface area contributed by atoms with Crippen molar-refractivity contribution in [2.75, 3.05) is 57.0 Å². The summed E-state index contributed by atoms with van der Waals surface area (Å²) in [5, 5.41) is 20.9. The molecule has 3 N–H and O–H groups in total. The van der Waals surface area contributed by atoms with Gasteiger partial charge >= 0.3 is 6.03 Å². The lowest BCUT2D eigenvalue weighted by Gasteiger charge is -2.37. The molecule has 2 atom stereocenters. The van der Waals surface area contributed by atoms with Crippen LogP contribution in [0.5, 0.6) is 0 Å². The summed E-state index contributed by atoms with van der Waals surface area (Å²) >= 11 is 0. The van der Waals surface area contributed by atoms with E-state index in [-0.39, 0.29) is 18.0 Å². The van der Waals surface area contributed by atoms with E-state index in [9.17, 15) is 14.7 Å². The van der Waals surface area contributed by atoms with Crippen molar-refractivity contribution in [3.05, 3.63) is 89.6 Å². The van der Waals surface area contributed by atoms with Crippen LogP contribution < -0.4 is 15.5 Å². The maximum Gasteiger partial charge on any atom is 0.319 e. The molecule has 1 fully saturated rings. The molecule has 5 rings (SSSR count). The van der Waals surface area contributed by atoms with E-state index in [1.165, 1.54) is 0 Å². The van der Waals surface area contributed by atoms with Crippen LogP contribution in [0, 0.1) is 0 Å². The van der Waals surface area contributed by atoms with E-state index in [2.05, 4.69) is 32.1 Å². The quantitative estimate of drug-likeness (QED) is 0.323. The Balaban J connectivity index is 1.27. The molecule has 1 aromatic heterocycles. The van der Waals surface area contributed by atoms with Crippen molar-refractivity contribution >= 4 is 23.4 Å². The lowest BCUT2D eigenvalue weighted by atomic mass is 10.0. The average molecular weight is 601 g/mol. The molecule has 11 nitrogen and oxygen atoms in total. The first-order chi connectivity index (χ1) is 21.0. The second-order valence-corrected chi connectivity index (χ2v) is 12.3. The molecular formula is C33H44N8O3. The smallest absolute Gasteiger partial charge is 0.319 e. The monoisotopic (exact) mass is 600 g/mol. The zero-order valence-electron chi connectivity index (χ0n) is 26.3. The van der Waals surface area contributed by atoms with Crippen molar-refractivity contribution in [3.63, 3.8) is 0 Å². The largest absolute Gasteiger partial charge is 0.375 e.